The quantitative estimate of drug-likeness (QED) is 0.158. The molecule has 0 aliphatic rings. The molecule has 9 heteroatoms. The van der Waals surface area contributed by atoms with Gasteiger partial charge in [0.05, 0.1) is 4.90 Å². The van der Waals surface area contributed by atoms with E-state index in [0.29, 0.717) is 12.2 Å². The second-order valence-electron chi connectivity index (χ2n) is 12.9. The minimum absolute atomic E-state index is 0.109. The van der Waals surface area contributed by atoms with Crippen molar-refractivity contribution >= 4 is 21.1 Å². The normalized spacial score (nSPS) is 12.8. The van der Waals surface area contributed by atoms with Gasteiger partial charge in [-0.1, -0.05) is 84.2 Å². The van der Waals surface area contributed by atoms with Crippen LogP contribution in [0.1, 0.15) is 83.4 Å². The van der Waals surface area contributed by atoms with E-state index < -0.39 is 15.4 Å². The third-order valence-corrected chi connectivity index (χ3v) is 9.89. The van der Waals surface area contributed by atoms with Crippen molar-refractivity contribution < 1.29 is 13.5 Å². The number of hydrogen-bond donors (Lipinski definition) is 2. The average Bonchev–Trinajstić information content (AvgIpc) is 3.39. The Labute approximate surface area is 257 Å². The molecule has 0 unspecified atom stereocenters. The molecule has 43 heavy (non-hydrogen) atoms. The van der Waals surface area contributed by atoms with Crippen molar-refractivity contribution in [1.29, 1.82) is 0 Å². The standard InChI is InChI=1S/C34H47N5O3S/c1-8-9-12-20-33(2,3)26-23-28(32(40)31(24-26)39-36-29-14-10-11-15-30(29)37-39)34(4,5)25-16-18-27(19-17-25)43(41,42)35-21-13-22-38(6)7/h10-11,14-19,23-24,35,40H,8-9,12-13,20-22H2,1-7H3. The largest absolute Gasteiger partial charge is 0.505 e. The van der Waals surface area contributed by atoms with Crippen molar-refractivity contribution in [1.82, 2.24) is 24.6 Å². The summed E-state index contributed by atoms with van der Waals surface area (Å²) >= 11 is 0. The third kappa shape index (κ3) is 7.45. The Morgan fingerprint density at radius 1 is 0.884 bits per heavy atom. The summed E-state index contributed by atoms with van der Waals surface area (Å²) in [4.78, 5) is 3.78. The van der Waals surface area contributed by atoms with Crippen molar-refractivity contribution in [2.24, 2.45) is 0 Å². The molecule has 0 spiro atoms. The van der Waals surface area contributed by atoms with Gasteiger partial charge in [-0.3, -0.25) is 0 Å². The van der Waals surface area contributed by atoms with E-state index >= 15 is 0 Å². The van der Waals surface area contributed by atoms with E-state index in [-0.39, 0.29) is 16.1 Å². The lowest BCUT2D eigenvalue weighted by Gasteiger charge is -2.32. The summed E-state index contributed by atoms with van der Waals surface area (Å²) in [7, 11) is 0.306. The number of nitrogens with one attached hydrogen (secondary N) is 1. The molecule has 0 aliphatic carbocycles. The van der Waals surface area contributed by atoms with Gasteiger partial charge in [-0.15, -0.1) is 15.0 Å². The fourth-order valence-electron chi connectivity index (χ4n) is 5.46. The zero-order chi connectivity index (χ0) is 31.4. The van der Waals surface area contributed by atoms with Crippen LogP contribution in [0.25, 0.3) is 16.7 Å². The molecule has 0 amide bonds. The van der Waals surface area contributed by atoms with Crippen molar-refractivity contribution in [2.45, 2.75) is 82.4 Å². The number of rotatable bonds is 14. The van der Waals surface area contributed by atoms with E-state index in [2.05, 4.69) is 55.6 Å². The van der Waals surface area contributed by atoms with Gasteiger partial charge in [0.1, 0.15) is 22.5 Å². The van der Waals surface area contributed by atoms with Gasteiger partial charge in [-0.2, -0.15) is 0 Å². The predicted molar refractivity (Wildman–Crippen MR) is 175 cm³/mol. The summed E-state index contributed by atoms with van der Waals surface area (Å²) in [5.41, 5.74) is 3.96. The van der Waals surface area contributed by atoms with Gasteiger partial charge in [-0.05, 0) is 80.4 Å². The van der Waals surface area contributed by atoms with E-state index in [0.717, 1.165) is 60.0 Å². The Hall–Kier alpha value is -3.27. The SMILES string of the molecule is CCCCCC(C)(C)c1cc(-n2nc3ccccc3n2)c(O)c(C(C)(C)c2ccc(S(=O)(=O)NCCCN(C)C)cc2)c1. The summed E-state index contributed by atoms with van der Waals surface area (Å²) in [6.45, 7) is 12.0. The lowest BCUT2D eigenvalue weighted by molar-refractivity contribution is 0.400. The first kappa shape index (κ1) is 32.6. The topological polar surface area (TPSA) is 100 Å². The second-order valence-corrected chi connectivity index (χ2v) is 14.7. The molecule has 0 bridgehead atoms. The molecule has 4 rings (SSSR count). The van der Waals surface area contributed by atoms with Gasteiger partial charge < -0.3 is 10.0 Å². The molecule has 0 atom stereocenters. The van der Waals surface area contributed by atoms with Crippen LogP contribution in [0.4, 0.5) is 0 Å². The fraction of sp³-hybridized carbons (Fsp3) is 0.471. The van der Waals surface area contributed by atoms with Gasteiger partial charge in [0.15, 0.2) is 0 Å². The minimum Gasteiger partial charge on any atom is -0.505 e. The molecule has 0 aliphatic heterocycles. The number of phenolic OH excluding ortho intramolecular Hbond substituents is 1. The molecule has 0 saturated carbocycles. The van der Waals surface area contributed by atoms with Crippen LogP contribution in [0.3, 0.4) is 0 Å². The highest BCUT2D eigenvalue weighted by molar-refractivity contribution is 7.89. The van der Waals surface area contributed by atoms with Crippen LogP contribution in [0.5, 0.6) is 5.75 Å². The summed E-state index contributed by atoms with van der Waals surface area (Å²) in [5.74, 6) is 0.109. The van der Waals surface area contributed by atoms with E-state index in [9.17, 15) is 13.5 Å². The first-order valence-corrected chi connectivity index (χ1v) is 16.7. The molecule has 0 saturated heterocycles. The number of hydrogen-bond acceptors (Lipinski definition) is 6. The van der Waals surface area contributed by atoms with Crippen LogP contribution in [-0.2, 0) is 20.9 Å². The number of sulfonamides is 1. The molecule has 232 valence electrons. The lowest BCUT2D eigenvalue weighted by Crippen LogP contribution is -2.27. The molecule has 2 N–H and O–H groups in total. The highest BCUT2D eigenvalue weighted by Gasteiger charge is 2.32. The first-order valence-electron chi connectivity index (χ1n) is 15.2. The van der Waals surface area contributed by atoms with E-state index in [1.54, 1.807) is 12.1 Å². The second kappa shape index (κ2) is 13.2. The number of aromatic hydroxyl groups is 1. The van der Waals surface area contributed by atoms with Crippen LogP contribution in [0.15, 0.2) is 65.6 Å². The van der Waals surface area contributed by atoms with Crippen molar-refractivity contribution in [3.8, 4) is 11.4 Å². The van der Waals surface area contributed by atoms with Crippen LogP contribution in [0, 0.1) is 0 Å². The van der Waals surface area contributed by atoms with E-state index in [1.807, 2.05) is 61.5 Å². The van der Waals surface area contributed by atoms with Crippen LogP contribution in [-0.4, -0.2) is 60.6 Å². The van der Waals surface area contributed by atoms with E-state index in [1.165, 1.54) is 11.2 Å². The number of aromatic nitrogens is 3. The highest BCUT2D eigenvalue weighted by atomic mass is 32.2. The number of nitrogens with zero attached hydrogens (tertiary/aromatic N) is 4. The Bertz CT molecular complexity index is 1610. The monoisotopic (exact) mass is 605 g/mol. The number of unbranched alkanes of at least 4 members (excludes halogenated alkanes) is 2. The molecular formula is C34H47N5O3S. The summed E-state index contributed by atoms with van der Waals surface area (Å²) in [6, 6.07) is 18.7. The molecule has 3 aromatic carbocycles. The summed E-state index contributed by atoms with van der Waals surface area (Å²) in [6.07, 6.45) is 5.16. The summed E-state index contributed by atoms with van der Waals surface area (Å²) < 4.78 is 28.5. The predicted octanol–water partition coefficient (Wildman–Crippen LogP) is 6.54. The molecule has 8 nitrogen and oxygen atoms in total. The van der Waals surface area contributed by atoms with Crippen LogP contribution >= 0.6 is 0 Å². The molecule has 1 aromatic heterocycles. The van der Waals surface area contributed by atoms with Gasteiger partial charge in [-0.25, -0.2) is 13.1 Å². The molecule has 1 heterocycles. The van der Waals surface area contributed by atoms with Crippen molar-refractivity contribution in [3.63, 3.8) is 0 Å². The highest BCUT2D eigenvalue weighted by Crippen LogP contribution is 2.43. The Balaban J connectivity index is 1.75. The zero-order valence-corrected chi connectivity index (χ0v) is 27.5. The molecular weight excluding hydrogens is 558 g/mol. The van der Waals surface area contributed by atoms with Crippen LogP contribution < -0.4 is 4.72 Å². The molecule has 4 aromatic rings. The number of benzene rings is 3. The maximum absolute atomic E-state index is 12.9. The number of fused-ring (bicyclic) bond motifs is 1. The van der Waals surface area contributed by atoms with Gasteiger partial charge in [0.2, 0.25) is 10.0 Å². The minimum atomic E-state index is -3.62. The maximum Gasteiger partial charge on any atom is 0.240 e. The molecule has 0 fully saturated rings. The van der Waals surface area contributed by atoms with Crippen molar-refractivity contribution in [2.75, 3.05) is 27.2 Å². The maximum atomic E-state index is 12.9. The van der Waals surface area contributed by atoms with Crippen LogP contribution in [0.2, 0.25) is 0 Å². The Kier molecular flexibility index (Phi) is 9.99. The molecule has 0 radical (unpaired) electrons. The lowest BCUT2D eigenvalue weighted by atomic mass is 9.73. The number of phenols is 1. The third-order valence-electron chi connectivity index (χ3n) is 8.41. The van der Waals surface area contributed by atoms with Crippen molar-refractivity contribution in [3.05, 3.63) is 77.4 Å². The Morgan fingerprint density at radius 3 is 2.09 bits per heavy atom. The van der Waals surface area contributed by atoms with Gasteiger partial charge in [0, 0.05) is 17.5 Å². The zero-order valence-electron chi connectivity index (χ0n) is 26.7. The van der Waals surface area contributed by atoms with E-state index in [4.69, 9.17) is 0 Å². The Morgan fingerprint density at radius 2 is 1.51 bits per heavy atom. The average molecular weight is 606 g/mol. The van der Waals surface area contributed by atoms with Gasteiger partial charge >= 0.3 is 0 Å². The smallest absolute Gasteiger partial charge is 0.240 e. The van der Waals surface area contributed by atoms with Gasteiger partial charge in [0.25, 0.3) is 0 Å². The first-order chi connectivity index (χ1) is 20.3. The summed E-state index contributed by atoms with van der Waals surface area (Å²) in [5, 5.41) is 21.2. The fourth-order valence-corrected chi connectivity index (χ4v) is 6.53.